The van der Waals surface area contributed by atoms with Crippen molar-refractivity contribution in [1.82, 2.24) is 0 Å². The number of hydrogen-bond acceptors (Lipinski definition) is 4. The van der Waals surface area contributed by atoms with Gasteiger partial charge < -0.3 is 20.3 Å². The zero-order chi connectivity index (χ0) is 11.4. The van der Waals surface area contributed by atoms with Gasteiger partial charge in [0.15, 0.2) is 11.5 Å². The summed E-state index contributed by atoms with van der Waals surface area (Å²) in [4.78, 5) is 0. The summed E-state index contributed by atoms with van der Waals surface area (Å²) in [5.41, 5.74) is 6.08. The van der Waals surface area contributed by atoms with E-state index in [9.17, 15) is 5.11 Å². The SMILES string of the molecule is COc1cc(C(O)CN)cc(Br)c1OC. The van der Waals surface area contributed by atoms with Crippen molar-refractivity contribution in [2.24, 2.45) is 5.73 Å². The minimum absolute atomic E-state index is 0.169. The van der Waals surface area contributed by atoms with Crippen molar-refractivity contribution in [2.45, 2.75) is 6.10 Å². The molecule has 0 aliphatic carbocycles. The number of rotatable bonds is 4. The molecule has 15 heavy (non-hydrogen) atoms. The molecule has 0 bridgehead atoms. The maximum Gasteiger partial charge on any atom is 0.174 e. The first-order valence-electron chi connectivity index (χ1n) is 4.43. The van der Waals surface area contributed by atoms with E-state index in [1.807, 2.05) is 0 Å². The van der Waals surface area contributed by atoms with Crippen LogP contribution in [-0.4, -0.2) is 25.9 Å². The number of aliphatic hydroxyl groups is 1. The molecule has 84 valence electrons. The Kier molecular flexibility index (Phi) is 4.38. The van der Waals surface area contributed by atoms with Gasteiger partial charge in [0, 0.05) is 6.54 Å². The highest BCUT2D eigenvalue weighted by molar-refractivity contribution is 9.10. The molecule has 0 radical (unpaired) electrons. The summed E-state index contributed by atoms with van der Waals surface area (Å²) in [6, 6.07) is 3.47. The van der Waals surface area contributed by atoms with Crippen molar-refractivity contribution >= 4 is 15.9 Å². The zero-order valence-corrected chi connectivity index (χ0v) is 10.2. The van der Waals surface area contributed by atoms with Gasteiger partial charge in [-0.3, -0.25) is 0 Å². The van der Waals surface area contributed by atoms with Gasteiger partial charge in [-0.2, -0.15) is 0 Å². The van der Waals surface area contributed by atoms with Gasteiger partial charge in [0.05, 0.1) is 24.8 Å². The molecule has 0 fully saturated rings. The molecule has 1 aromatic rings. The lowest BCUT2D eigenvalue weighted by Gasteiger charge is -2.14. The summed E-state index contributed by atoms with van der Waals surface area (Å²) < 4.78 is 11.0. The third-order valence-corrected chi connectivity index (χ3v) is 2.65. The van der Waals surface area contributed by atoms with Crippen molar-refractivity contribution in [3.05, 3.63) is 22.2 Å². The third-order valence-electron chi connectivity index (χ3n) is 2.06. The fourth-order valence-electron chi connectivity index (χ4n) is 1.27. The first-order chi connectivity index (χ1) is 7.13. The first kappa shape index (κ1) is 12.3. The molecule has 1 rings (SSSR count). The predicted molar refractivity (Wildman–Crippen MR) is 61.3 cm³/mol. The van der Waals surface area contributed by atoms with Crippen LogP contribution < -0.4 is 15.2 Å². The van der Waals surface area contributed by atoms with Crippen molar-refractivity contribution in [3.63, 3.8) is 0 Å². The van der Waals surface area contributed by atoms with Crippen LogP contribution in [0.1, 0.15) is 11.7 Å². The van der Waals surface area contributed by atoms with Crippen LogP contribution >= 0.6 is 15.9 Å². The van der Waals surface area contributed by atoms with Gasteiger partial charge in [-0.05, 0) is 33.6 Å². The number of methoxy groups -OCH3 is 2. The largest absolute Gasteiger partial charge is 0.493 e. The lowest BCUT2D eigenvalue weighted by molar-refractivity contribution is 0.186. The molecule has 5 heteroatoms. The van der Waals surface area contributed by atoms with E-state index >= 15 is 0 Å². The van der Waals surface area contributed by atoms with Crippen LogP contribution in [0.25, 0.3) is 0 Å². The molecule has 0 aromatic heterocycles. The summed E-state index contributed by atoms with van der Waals surface area (Å²) in [5.74, 6) is 1.17. The van der Waals surface area contributed by atoms with Crippen molar-refractivity contribution in [1.29, 1.82) is 0 Å². The Bertz CT molecular complexity index is 344. The summed E-state index contributed by atoms with van der Waals surface area (Å²) in [6.07, 6.45) is -0.693. The summed E-state index contributed by atoms with van der Waals surface area (Å²) >= 11 is 3.34. The van der Waals surface area contributed by atoms with Crippen LogP contribution in [0.3, 0.4) is 0 Å². The molecule has 3 N–H and O–H groups in total. The van der Waals surface area contributed by atoms with Crippen LogP contribution in [0.15, 0.2) is 16.6 Å². The second-order valence-corrected chi connectivity index (χ2v) is 3.84. The number of nitrogens with two attached hydrogens (primary N) is 1. The van der Waals surface area contributed by atoms with Gasteiger partial charge >= 0.3 is 0 Å². The molecular weight excluding hydrogens is 262 g/mol. The molecule has 1 atom stereocenters. The molecule has 0 aliphatic heterocycles. The normalized spacial score (nSPS) is 12.3. The van der Waals surface area contributed by atoms with E-state index in [-0.39, 0.29) is 6.54 Å². The average Bonchev–Trinajstić information content (AvgIpc) is 2.26. The Balaban J connectivity index is 3.19. The van der Waals surface area contributed by atoms with E-state index in [0.717, 1.165) is 4.47 Å². The van der Waals surface area contributed by atoms with Gasteiger partial charge in [0.25, 0.3) is 0 Å². The average molecular weight is 276 g/mol. The molecule has 0 heterocycles. The molecule has 0 saturated heterocycles. The van der Waals surface area contributed by atoms with Gasteiger partial charge in [-0.15, -0.1) is 0 Å². The highest BCUT2D eigenvalue weighted by atomic mass is 79.9. The second-order valence-electron chi connectivity index (χ2n) is 2.99. The lowest BCUT2D eigenvalue weighted by atomic mass is 10.1. The Labute approximate surface area is 97.1 Å². The first-order valence-corrected chi connectivity index (χ1v) is 5.22. The minimum Gasteiger partial charge on any atom is -0.493 e. The quantitative estimate of drug-likeness (QED) is 0.873. The molecule has 0 spiro atoms. The second kappa shape index (κ2) is 5.34. The Morgan fingerprint density at radius 1 is 1.40 bits per heavy atom. The zero-order valence-electron chi connectivity index (χ0n) is 8.66. The molecule has 4 nitrogen and oxygen atoms in total. The Hall–Kier alpha value is -0.780. The number of aliphatic hydroxyl groups excluding tert-OH is 1. The molecule has 0 aliphatic rings. The number of ether oxygens (including phenoxy) is 2. The fourth-order valence-corrected chi connectivity index (χ4v) is 1.89. The van der Waals surface area contributed by atoms with Crippen LogP contribution in [-0.2, 0) is 0 Å². The topological polar surface area (TPSA) is 64.7 Å². The number of halogens is 1. The molecule has 0 amide bonds. The molecule has 1 unspecified atom stereocenters. The van der Waals surface area contributed by atoms with E-state index in [0.29, 0.717) is 17.1 Å². The van der Waals surface area contributed by atoms with Gasteiger partial charge in [0.1, 0.15) is 0 Å². The van der Waals surface area contributed by atoms with E-state index in [1.54, 1.807) is 26.4 Å². The van der Waals surface area contributed by atoms with E-state index in [2.05, 4.69) is 15.9 Å². The Morgan fingerprint density at radius 3 is 2.53 bits per heavy atom. The number of hydrogen-bond donors (Lipinski definition) is 2. The van der Waals surface area contributed by atoms with Gasteiger partial charge in [-0.1, -0.05) is 0 Å². The minimum atomic E-state index is -0.693. The summed E-state index contributed by atoms with van der Waals surface area (Å²) in [6.45, 7) is 0.169. The lowest BCUT2D eigenvalue weighted by Crippen LogP contribution is -2.11. The van der Waals surface area contributed by atoms with E-state index in [4.69, 9.17) is 15.2 Å². The summed E-state index contributed by atoms with van der Waals surface area (Å²) in [5, 5.41) is 9.60. The van der Waals surface area contributed by atoms with E-state index < -0.39 is 6.10 Å². The molecule has 1 aromatic carbocycles. The highest BCUT2D eigenvalue weighted by Gasteiger charge is 2.14. The van der Waals surface area contributed by atoms with Crippen LogP contribution in [0.2, 0.25) is 0 Å². The van der Waals surface area contributed by atoms with E-state index in [1.165, 1.54) is 0 Å². The smallest absolute Gasteiger partial charge is 0.174 e. The van der Waals surface area contributed by atoms with Crippen molar-refractivity contribution < 1.29 is 14.6 Å². The van der Waals surface area contributed by atoms with Crippen LogP contribution in [0.4, 0.5) is 0 Å². The maximum absolute atomic E-state index is 9.60. The monoisotopic (exact) mass is 275 g/mol. The van der Waals surface area contributed by atoms with Crippen molar-refractivity contribution in [3.8, 4) is 11.5 Å². The number of benzene rings is 1. The maximum atomic E-state index is 9.60. The van der Waals surface area contributed by atoms with Crippen LogP contribution in [0, 0.1) is 0 Å². The highest BCUT2D eigenvalue weighted by Crippen LogP contribution is 2.37. The Morgan fingerprint density at radius 2 is 2.07 bits per heavy atom. The van der Waals surface area contributed by atoms with Gasteiger partial charge in [0.2, 0.25) is 0 Å². The van der Waals surface area contributed by atoms with Gasteiger partial charge in [-0.25, -0.2) is 0 Å². The summed E-state index contributed by atoms with van der Waals surface area (Å²) in [7, 11) is 3.10. The fraction of sp³-hybridized carbons (Fsp3) is 0.400. The molecular formula is C10H14BrNO3. The predicted octanol–water partition coefficient (Wildman–Crippen LogP) is 1.46. The molecule has 0 saturated carbocycles. The van der Waals surface area contributed by atoms with Crippen LogP contribution in [0.5, 0.6) is 11.5 Å². The standard InChI is InChI=1S/C10H14BrNO3/c1-14-9-4-6(8(13)5-12)3-7(11)10(9)15-2/h3-4,8,13H,5,12H2,1-2H3. The third kappa shape index (κ3) is 2.62. The van der Waals surface area contributed by atoms with Crippen molar-refractivity contribution in [2.75, 3.05) is 20.8 Å².